The van der Waals surface area contributed by atoms with Gasteiger partial charge in [-0.3, -0.25) is 14.7 Å². The molecule has 2 heterocycles. The van der Waals surface area contributed by atoms with Crippen LogP contribution in [0.5, 0.6) is 0 Å². The number of para-hydroxylation sites is 1. The number of rotatable bonds is 5. The molecule has 0 aliphatic heterocycles. The summed E-state index contributed by atoms with van der Waals surface area (Å²) in [5, 5.41) is 0.726. The van der Waals surface area contributed by atoms with Gasteiger partial charge in [0, 0.05) is 11.8 Å². The summed E-state index contributed by atoms with van der Waals surface area (Å²) in [6, 6.07) is 18.3. The van der Waals surface area contributed by atoms with Crippen LogP contribution >= 0.6 is 11.3 Å². The molecule has 0 saturated carbocycles. The van der Waals surface area contributed by atoms with Crippen LogP contribution in [0.2, 0.25) is 0 Å². The largest absolute Gasteiger partial charge is 0.278 e. The Kier molecular flexibility index (Phi) is 5.51. The molecule has 4 aromatic rings. The smallest absolute Gasteiger partial charge is 0.260 e. The average Bonchev–Trinajstić information content (AvgIpc) is 3.26. The lowest BCUT2D eigenvalue weighted by atomic mass is 9.90. The quantitative estimate of drug-likeness (QED) is 0.394. The van der Waals surface area contributed by atoms with E-state index in [2.05, 4.69) is 42.2 Å². The van der Waals surface area contributed by atoms with Crippen molar-refractivity contribution in [1.29, 1.82) is 0 Å². The second kappa shape index (κ2) is 8.60. The van der Waals surface area contributed by atoms with Crippen molar-refractivity contribution in [3.63, 3.8) is 0 Å². The summed E-state index contributed by atoms with van der Waals surface area (Å²) in [5.41, 5.74) is 6.47. The highest BCUT2D eigenvalue weighted by Gasteiger charge is 2.24. The molecule has 31 heavy (non-hydrogen) atoms. The topological polar surface area (TPSA) is 46.1 Å². The Balaban J connectivity index is 1.56. The number of hydrogen-bond donors (Lipinski definition) is 0. The summed E-state index contributed by atoms with van der Waals surface area (Å²) in [7, 11) is 0. The van der Waals surface area contributed by atoms with Gasteiger partial charge in [-0.15, -0.1) is 0 Å². The first-order valence-electron chi connectivity index (χ1n) is 10.9. The van der Waals surface area contributed by atoms with E-state index in [4.69, 9.17) is 4.98 Å². The summed E-state index contributed by atoms with van der Waals surface area (Å²) in [6.45, 7) is 2.54. The highest BCUT2D eigenvalue weighted by Crippen LogP contribution is 2.33. The molecule has 1 aliphatic rings. The van der Waals surface area contributed by atoms with Crippen LogP contribution in [0.25, 0.3) is 10.2 Å². The number of amides is 1. The van der Waals surface area contributed by atoms with E-state index in [9.17, 15) is 4.79 Å². The van der Waals surface area contributed by atoms with Gasteiger partial charge in [0.15, 0.2) is 5.13 Å². The number of aromatic nitrogens is 2. The summed E-state index contributed by atoms with van der Waals surface area (Å²) >= 11 is 1.57. The van der Waals surface area contributed by atoms with Crippen LogP contribution in [0.3, 0.4) is 0 Å². The van der Waals surface area contributed by atoms with Gasteiger partial charge in [-0.2, -0.15) is 0 Å². The zero-order chi connectivity index (χ0) is 21.2. The van der Waals surface area contributed by atoms with Crippen molar-refractivity contribution in [3.05, 3.63) is 88.7 Å². The maximum Gasteiger partial charge on any atom is 0.260 e. The molecule has 0 bridgehead atoms. The predicted octanol–water partition coefficient (Wildman–Crippen LogP) is 5.98. The number of nitrogens with zero attached hydrogens (tertiary/aromatic N) is 3. The Morgan fingerprint density at radius 2 is 1.90 bits per heavy atom. The molecule has 0 fully saturated rings. The normalized spacial score (nSPS) is 13.2. The molecule has 4 nitrogen and oxygen atoms in total. The first-order chi connectivity index (χ1) is 15.2. The van der Waals surface area contributed by atoms with Gasteiger partial charge in [0.2, 0.25) is 0 Å². The van der Waals surface area contributed by atoms with E-state index >= 15 is 0 Å². The molecule has 0 radical (unpaired) electrons. The first kappa shape index (κ1) is 19.9. The Hall–Kier alpha value is -3.05. The first-order valence-corrected chi connectivity index (χ1v) is 11.8. The Bertz CT molecular complexity index is 1230. The van der Waals surface area contributed by atoms with Crippen molar-refractivity contribution in [2.45, 2.75) is 45.6 Å². The molecular formula is C26H25N3OS. The molecule has 0 N–H and O–H groups in total. The Morgan fingerprint density at radius 3 is 2.71 bits per heavy atom. The molecule has 2 aromatic heterocycles. The minimum absolute atomic E-state index is 0.0175. The fraction of sp³-hybridized carbons (Fsp3) is 0.269. The van der Waals surface area contributed by atoms with Gasteiger partial charge in [-0.1, -0.05) is 42.5 Å². The third-order valence-electron chi connectivity index (χ3n) is 5.99. The summed E-state index contributed by atoms with van der Waals surface area (Å²) < 4.78 is 1.11. The fourth-order valence-electron chi connectivity index (χ4n) is 4.30. The zero-order valence-electron chi connectivity index (χ0n) is 17.7. The number of benzene rings is 2. The van der Waals surface area contributed by atoms with Crippen molar-refractivity contribution in [3.8, 4) is 0 Å². The van der Waals surface area contributed by atoms with Crippen LogP contribution in [0.4, 0.5) is 5.13 Å². The van der Waals surface area contributed by atoms with E-state index in [0.717, 1.165) is 45.9 Å². The maximum atomic E-state index is 13.7. The number of carbonyl (C=O) groups excluding carboxylic acids is 1. The standard InChI is InChI=1S/C26H25N3OS/c1-2-18-10-7-12-23-24(18)28-26(31-23)29(17-22-11-5-6-15-27-22)25(30)21-14-13-19-8-3-4-9-20(19)16-21/h5-7,10-16H,2-4,8-9,17H2,1H3. The second-order valence-corrected chi connectivity index (χ2v) is 9.03. The maximum absolute atomic E-state index is 13.7. The minimum Gasteiger partial charge on any atom is -0.278 e. The summed E-state index contributed by atoms with van der Waals surface area (Å²) in [4.78, 5) is 24.9. The lowest BCUT2D eigenvalue weighted by Gasteiger charge is -2.21. The molecule has 5 heteroatoms. The molecule has 2 aromatic carbocycles. The number of aryl methyl sites for hydroxylation is 3. The lowest BCUT2D eigenvalue weighted by molar-refractivity contribution is 0.0984. The number of hydrogen-bond acceptors (Lipinski definition) is 4. The number of fused-ring (bicyclic) bond motifs is 2. The van der Waals surface area contributed by atoms with E-state index in [1.54, 1.807) is 22.4 Å². The predicted molar refractivity (Wildman–Crippen MR) is 127 cm³/mol. The van der Waals surface area contributed by atoms with Gasteiger partial charge in [0.25, 0.3) is 5.91 Å². The third kappa shape index (κ3) is 3.98. The van der Waals surface area contributed by atoms with Gasteiger partial charge < -0.3 is 0 Å². The molecule has 156 valence electrons. The van der Waals surface area contributed by atoms with Gasteiger partial charge in [0.1, 0.15) is 0 Å². The van der Waals surface area contributed by atoms with Gasteiger partial charge in [-0.05, 0) is 79.1 Å². The van der Waals surface area contributed by atoms with Crippen molar-refractivity contribution < 1.29 is 4.79 Å². The molecule has 1 aliphatic carbocycles. The van der Waals surface area contributed by atoms with E-state index in [1.165, 1.54) is 29.5 Å². The van der Waals surface area contributed by atoms with E-state index < -0.39 is 0 Å². The van der Waals surface area contributed by atoms with Crippen molar-refractivity contribution in [2.24, 2.45) is 0 Å². The summed E-state index contributed by atoms with van der Waals surface area (Å²) in [6.07, 6.45) is 7.28. The third-order valence-corrected chi connectivity index (χ3v) is 7.03. The summed E-state index contributed by atoms with van der Waals surface area (Å²) in [5.74, 6) is -0.0175. The minimum atomic E-state index is -0.0175. The van der Waals surface area contributed by atoms with Crippen LogP contribution in [0.15, 0.2) is 60.8 Å². The number of pyridine rings is 1. The molecule has 5 rings (SSSR count). The van der Waals surface area contributed by atoms with Crippen LogP contribution in [0.1, 0.15) is 52.5 Å². The van der Waals surface area contributed by atoms with Gasteiger partial charge >= 0.3 is 0 Å². The highest BCUT2D eigenvalue weighted by atomic mass is 32.1. The van der Waals surface area contributed by atoms with Gasteiger partial charge in [-0.25, -0.2) is 4.98 Å². The van der Waals surface area contributed by atoms with Crippen molar-refractivity contribution in [2.75, 3.05) is 4.90 Å². The zero-order valence-corrected chi connectivity index (χ0v) is 18.5. The van der Waals surface area contributed by atoms with Crippen LogP contribution in [0, 0.1) is 0 Å². The van der Waals surface area contributed by atoms with Crippen molar-refractivity contribution >= 4 is 32.6 Å². The highest BCUT2D eigenvalue weighted by molar-refractivity contribution is 7.22. The number of carbonyl (C=O) groups is 1. The molecule has 0 saturated heterocycles. The lowest BCUT2D eigenvalue weighted by Crippen LogP contribution is -2.31. The average molecular weight is 428 g/mol. The molecule has 0 spiro atoms. The van der Waals surface area contributed by atoms with E-state index in [0.29, 0.717) is 6.54 Å². The van der Waals surface area contributed by atoms with E-state index in [1.807, 2.05) is 24.3 Å². The SMILES string of the molecule is CCc1cccc2sc(N(Cc3ccccn3)C(=O)c3ccc4c(c3)CCCC4)nc12. The second-order valence-electron chi connectivity index (χ2n) is 8.02. The van der Waals surface area contributed by atoms with Crippen LogP contribution < -0.4 is 4.90 Å². The monoisotopic (exact) mass is 427 g/mol. The molecule has 0 unspecified atom stereocenters. The number of anilines is 1. The Morgan fingerprint density at radius 1 is 1.03 bits per heavy atom. The Labute approximate surface area is 186 Å². The van der Waals surface area contributed by atoms with Crippen LogP contribution in [-0.2, 0) is 25.8 Å². The van der Waals surface area contributed by atoms with Crippen molar-refractivity contribution in [1.82, 2.24) is 9.97 Å². The fourth-order valence-corrected chi connectivity index (χ4v) is 5.31. The van der Waals surface area contributed by atoms with E-state index in [-0.39, 0.29) is 5.91 Å². The molecule has 1 amide bonds. The molecular weight excluding hydrogens is 402 g/mol. The molecule has 0 atom stereocenters. The van der Waals surface area contributed by atoms with Gasteiger partial charge in [0.05, 0.1) is 22.5 Å². The van der Waals surface area contributed by atoms with Crippen LogP contribution in [-0.4, -0.2) is 15.9 Å². The number of thiazole rings is 1.